The second kappa shape index (κ2) is 3.17. The first kappa shape index (κ1) is 8.94. The molecule has 1 atom stereocenters. The molecule has 1 aromatic heterocycles. The zero-order valence-electron chi connectivity index (χ0n) is 9.30. The van der Waals surface area contributed by atoms with Crippen molar-refractivity contribution in [3.63, 3.8) is 0 Å². The van der Waals surface area contributed by atoms with E-state index in [1.54, 1.807) is 0 Å². The van der Waals surface area contributed by atoms with Gasteiger partial charge in [-0.25, -0.2) is 0 Å². The monoisotopic (exact) mass is 217 g/mol. The van der Waals surface area contributed by atoms with Crippen LogP contribution in [0.4, 0.5) is 0 Å². The average molecular weight is 217 g/mol. The molecule has 4 rings (SSSR count). The lowest BCUT2D eigenvalue weighted by atomic mass is 9.72. The van der Waals surface area contributed by atoms with Gasteiger partial charge in [0.15, 0.2) is 0 Å². The van der Waals surface area contributed by atoms with Crippen molar-refractivity contribution < 1.29 is 0 Å². The minimum Gasteiger partial charge on any atom is -0.264 e. The fourth-order valence-corrected chi connectivity index (χ4v) is 2.87. The van der Waals surface area contributed by atoms with Crippen molar-refractivity contribution in [3.05, 3.63) is 77.2 Å². The van der Waals surface area contributed by atoms with Gasteiger partial charge in [0.25, 0.3) is 0 Å². The minimum absolute atomic E-state index is 0.430. The molecule has 3 aliphatic carbocycles. The molecule has 1 heteroatoms. The fourth-order valence-electron chi connectivity index (χ4n) is 2.87. The van der Waals surface area contributed by atoms with Crippen molar-refractivity contribution in [2.75, 3.05) is 0 Å². The van der Waals surface area contributed by atoms with E-state index >= 15 is 0 Å². The van der Waals surface area contributed by atoms with E-state index in [9.17, 15) is 0 Å². The van der Waals surface area contributed by atoms with Crippen LogP contribution in [-0.2, 0) is 0 Å². The lowest BCUT2D eigenvalue weighted by Gasteiger charge is -2.32. The molecule has 0 radical (unpaired) electrons. The summed E-state index contributed by atoms with van der Waals surface area (Å²) in [5, 5.41) is 0. The third-order valence-corrected chi connectivity index (χ3v) is 3.60. The summed E-state index contributed by atoms with van der Waals surface area (Å²) in [6, 6.07) is 2.11. The molecule has 0 N–H and O–H groups in total. The van der Waals surface area contributed by atoms with Crippen LogP contribution in [0.3, 0.4) is 0 Å². The van der Waals surface area contributed by atoms with Crippen molar-refractivity contribution in [3.8, 4) is 0 Å². The van der Waals surface area contributed by atoms with Gasteiger partial charge in [-0.3, -0.25) is 4.98 Å². The summed E-state index contributed by atoms with van der Waals surface area (Å²) in [5.74, 6) is 0.430. The van der Waals surface area contributed by atoms with E-state index < -0.39 is 0 Å². The van der Waals surface area contributed by atoms with Gasteiger partial charge in [0.05, 0.1) is 0 Å². The van der Waals surface area contributed by atoms with Crippen molar-refractivity contribution >= 4 is 11.6 Å². The van der Waals surface area contributed by atoms with Gasteiger partial charge >= 0.3 is 0 Å². The van der Waals surface area contributed by atoms with Gasteiger partial charge in [0.1, 0.15) is 0 Å². The molecule has 3 aliphatic rings. The van der Waals surface area contributed by atoms with Crippen molar-refractivity contribution in [1.29, 1.82) is 0 Å². The first-order chi connectivity index (χ1) is 8.43. The molecule has 0 aromatic carbocycles. The van der Waals surface area contributed by atoms with E-state index in [0.29, 0.717) is 5.92 Å². The number of allylic oxidation sites excluding steroid dienone is 9. The molecule has 1 heterocycles. The molecular weight excluding hydrogens is 206 g/mol. The van der Waals surface area contributed by atoms with Crippen LogP contribution in [0.2, 0.25) is 0 Å². The van der Waals surface area contributed by atoms with E-state index in [1.807, 2.05) is 12.4 Å². The summed E-state index contributed by atoms with van der Waals surface area (Å²) in [6.45, 7) is 0. The van der Waals surface area contributed by atoms with E-state index in [1.165, 1.54) is 27.8 Å². The van der Waals surface area contributed by atoms with Gasteiger partial charge in [-0.1, -0.05) is 36.5 Å². The molecule has 0 saturated heterocycles. The maximum absolute atomic E-state index is 4.21. The molecule has 1 unspecified atom stereocenters. The summed E-state index contributed by atoms with van der Waals surface area (Å²) in [7, 11) is 0. The molecule has 1 aromatic rings. The highest BCUT2D eigenvalue weighted by Crippen LogP contribution is 2.45. The second-order valence-corrected chi connectivity index (χ2v) is 4.55. The number of aromatic nitrogens is 1. The predicted molar refractivity (Wildman–Crippen MR) is 70.0 cm³/mol. The Hall–Kier alpha value is -2.15. The van der Waals surface area contributed by atoms with Gasteiger partial charge in [-0.05, 0) is 34.4 Å². The molecule has 17 heavy (non-hydrogen) atoms. The Bertz CT molecular complexity index is 654. The Labute approximate surface area is 100 Å². The Balaban J connectivity index is 2.06. The van der Waals surface area contributed by atoms with E-state index in [-0.39, 0.29) is 0 Å². The predicted octanol–water partition coefficient (Wildman–Crippen LogP) is 3.54. The number of fused-ring (bicyclic) bond motifs is 2. The Morgan fingerprint density at radius 1 is 1.00 bits per heavy atom. The number of pyridine rings is 1. The molecule has 0 spiro atoms. The first-order valence-corrected chi connectivity index (χ1v) is 5.86. The second-order valence-electron chi connectivity index (χ2n) is 4.55. The van der Waals surface area contributed by atoms with Crippen molar-refractivity contribution in [2.24, 2.45) is 5.92 Å². The number of hydrogen-bond donors (Lipinski definition) is 0. The number of hydrogen-bond acceptors (Lipinski definition) is 1. The molecular formula is C16H11N. The van der Waals surface area contributed by atoms with Gasteiger partial charge in [-0.2, -0.15) is 0 Å². The topological polar surface area (TPSA) is 12.9 Å². The van der Waals surface area contributed by atoms with Gasteiger partial charge in [0.2, 0.25) is 0 Å². The van der Waals surface area contributed by atoms with Crippen LogP contribution in [0.5, 0.6) is 0 Å². The van der Waals surface area contributed by atoms with Crippen LogP contribution in [-0.4, -0.2) is 4.98 Å². The van der Waals surface area contributed by atoms with Gasteiger partial charge in [-0.15, -0.1) is 0 Å². The maximum Gasteiger partial charge on any atom is 0.0346 e. The van der Waals surface area contributed by atoms with E-state index in [2.05, 4.69) is 53.6 Å². The molecule has 0 bridgehead atoms. The van der Waals surface area contributed by atoms with Crippen LogP contribution >= 0.6 is 0 Å². The fraction of sp³-hybridized carbons (Fsp3) is 0.0625. The first-order valence-electron chi connectivity index (χ1n) is 5.86. The van der Waals surface area contributed by atoms with Gasteiger partial charge in [0, 0.05) is 23.9 Å². The number of rotatable bonds is 0. The molecule has 80 valence electrons. The van der Waals surface area contributed by atoms with E-state index in [0.717, 1.165) is 0 Å². The zero-order valence-corrected chi connectivity index (χ0v) is 9.30. The summed E-state index contributed by atoms with van der Waals surface area (Å²) in [5.41, 5.74) is 6.71. The van der Waals surface area contributed by atoms with Crippen molar-refractivity contribution in [1.82, 2.24) is 4.98 Å². The van der Waals surface area contributed by atoms with Crippen LogP contribution < -0.4 is 0 Å². The molecule has 0 aliphatic heterocycles. The molecule has 1 nitrogen and oxygen atoms in total. The van der Waals surface area contributed by atoms with Crippen LogP contribution in [0.1, 0.15) is 11.1 Å². The standard InChI is InChI=1S/C16H11N/c1-3-11-4-2-6-15-14-7-8-17-10-13(14)9-12(5-1)16(11)15/h1-10,16H. The SMILES string of the molecule is C1=CC2=CC=CC3=Cc4cnccc4C(=C1)C23. The minimum atomic E-state index is 0.430. The third-order valence-electron chi connectivity index (χ3n) is 3.60. The molecule has 0 fully saturated rings. The smallest absolute Gasteiger partial charge is 0.0346 e. The lowest BCUT2D eigenvalue weighted by molar-refractivity contribution is 0.950. The summed E-state index contributed by atoms with van der Waals surface area (Å²) >= 11 is 0. The van der Waals surface area contributed by atoms with Gasteiger partial charge < -0.3 is 0 Å². The Morgan fingerprint density at radius 2 is 1.88 bits per heavy atom. The van der Waals surface area contributed by atoms with Crippen LogP contribution in [0.15, 0.2) is 66.1 Å². The van der Waals surface area contributed by atoms with Crippen LogP contribution in [0.25, 0.3) is 11.6 Å². The number of nitrogens with zero attached hydrogens (tertiary/aromatic N) is 1. The van der Waals surface area contributed by atoms with E-state index in [4.69, 9.17) is 0 Å². The largest absolute Gasteiger partial charge is 0.264 e. The van der Waals surface area contributed by atoms with Crippen molar-refractivity contribution in [2.45, 2.75) is 0 Å². The normalized spacial score (nSPS) is 23.3. The molecule has 0 saturated carbocycles. The average Bonchev–Trinajstić information content (AvgIpc) is 2.39. The lowest BCUT2D eigenvalue weighted by Crippen LogP contribution is -2.16. The third kappa shape index (κ3) is 1.17. The highest BCUT2D eigenvalue weighted by molar-refractivity contribution is 5.88. The maximum atomic E-state index is 4.21. The Morgan fingerprint density at radius 3 is 2.88 bits per heavy atom. The Kier molecular flexibility index (Phi) is 1.67. The summed E-state index contributed by atoms with van der Waals surface area (Å²) < 4.78 is 0. The highest BCUT2D eigenvalue weighted by Gasteiger charge is 2.29. The highest BCUT2D eigenvalue weighted by atomic mass is 14.6. The quantitative estimate of drug-likeness (QED) is 0.647. The summed E-state index contributed by atoms with van der Waals surface area (Å²) in [4.78, 5) is 4.21. The summed E-state index contributed by atoms with van der Waals surface area (Å²) in [6.07, 6.45) is 19.2. The molecule has 0 amide bonds. The zero-order chi connectivity index (χ0) is 11.2. The van der Waals surface area contributed by atoms with Crippen LogP contribution in [0, 0.1) is 5.92 Å².